The van der Waals surface area contributed by atoms with Gasteiger partial charge in [-0.1, -0.05) is 18.2 Å². The number of fused-ring (bicyclic) bond motifs is 1. The predicted molar refractivity (Wildman–Crippen MR) is 101 cm³/mol. The second-order valence-corrected chi connectivity index (χ2v) is 6.41. The number of carbonyl (C=O) groups excluding carboxylic acids is 1. The van der Waals surface area contributed by atoms with E-state index in [4.69, 9.17) is 14.5 Å². The third-order valence-corrected chi connectivity index (χ3v) is 4.63. The number of hydrogen-bond donors (Lipinski definition) is 1. The summed E-state index contributed by atoms with van der Waals surface area (Å²) in [4.78, 5) is 17.8. The number of amides is 1. The number of nitrogens with zero attached hydrogens (tertiary/aromatic N) is 1. The number of rotatable bonds is 5. The van der Waals surface area contributed by atoms with Gasteiger partial charge in [-0.05, 0) is 37.1 Å². The highest BCUT2D eigenvalue weighted by molar-refractivity contribution is 6.13. The Kier molecular flexibility index (Phi) is 4.21. The first-order valence-corrected chi connectivity index (χ1v) is 8.62. The first-order valence-electron chi connectivity index (χ1n) is 8.62. The van der Waals surface area contributed by atoms with Gasteiger partial charge >= 0.3 is 0 Å². The maximum absolute atomic E-state index is 13.1. The van der Waals surface area contributed by atoms with E-state index in [1.54, 1.807) is 32.4 Å². The number of aromatic nitrogens is 1. The fourth-order valence-electron chi connectivity index (χ4n) is 3.07. The molecule has 26 heavy (non-hydrogen) atoms. The smallest absolute Gasteiger partial charge is 0.256 e. The molecule has 0 saturated heterocycles. The molecule has 0 radical (unpaired) electrons. The molecule has 3 aromatic rings. The zero-order valence-electron chi connectivity index (χ0n) is 14.8. The van der Waals surface area contributed by atoms with Gasteiger partial charge in [0.25, 0.3) is 5.91 Å². The van der Waals surface area contributed by atoms with Crippen LogP contribution >= 0.6 is 0 Å². The second kappa shape index (κ2) is 6.67. The largest absolute Gasteiger partial charge is 0.497 e. The van der Waals surface area contributed by atoms with Crippen molar-refractivity contribution in [2.24, 2.45) is 0 Å². The van der Waals surface area contributed by atoms with Gasteiger partial charge in [-0.2, -0.15) is 0 Å². The number of anilines is 1. The molecule has 1 aromatic heterocycles. The van der Waals surface area contributed by atoms with E-state index in [9.17, 15) is 4.79 Å². The van der Waals surface area contributed by atoms with Gasteiger partial charge in [-0.25, -0.2) is 0 Å². The number of para-hydroxylation sites is 1. The van der Waals surface area contributed by atoms with Gasteiger partial charge < -0.3 is 14.8 Å². The van der Waals surface area contributed by atoms with Crippen LogP contribution in [0, 0.1) is 0 Å². The normalized spacial score (nSPS) is 13.5. The monoisotopic (exact) mass is 348 g/mol. The Morgan fingerprint density at radius 1 is 1.08 bits per heavy atom. The molecule has 2 aromatic carbocycles. The fourth-order valence-corrected chi connectivity index (χ4v) is 3.07. The first kappa shape index (κ1) is 16.4. The van der Waals surface area contributed by atoms with Crippen LogP contribution in [-0.4, -0.2) is 25.1 Å². The molecule has 0 spiro atoms. The Hall–Kier alpha value is -3.08. The van der Waals surface area contributed by atoms with Crippen LogP contribution in [0.3, 0.4) is 0 Å². The van der Waals surface area contributed by atoms with E-state index in [0.717, 1.165) is 29.4 Å². The molecule has 0 unspecified atom stereocenters. The summed E-state index contributed by atoms with van der Waals surface area (Å²) in [6.45, 7) is 0. The van der Waals surface area contributed by atoms with Crippen molar-refractivity contribution < 1.29 is 14.3 Å². The maximum Gasteiger partial charge on any atom is 0.256 e. The fraction of sp³-hybridized carbons (Fsp3) is 0.238. The molecule has 5 heteroatoms. The van der Waals surface area contributed by atoms with Crippen molar-refractivity contribution in [1.82, 2.24) is 4.98 Å². The third-order valence-electron chi connectivity index (χ3n) is 4.63. The molecule has 4 rings (SSSR count). The average molecular weight is 348 g/mol. The number of carbonyl (C=O) groups is 1. The minimum atomic E-state index is -0.183. The summed E-state index contributed by atoms with van der Waals surface area (Å²) in [5.74, 6) is 1.52. The Labute approximate surface area is 152 Å². The lowest BCUT2D eigenvalue weighted by Crippen LogP contribution is -2.14. The van der Waals surface area contributed by atoms with Crippen molar-refractivity contribution >= 4 is 22.5 Å². The topological polar surface area (TPSA) is 60.5 Å². The summed E-state index contributed by atoms with van der Waals surface area (Å²) >= 11 is 0. The van der Waals surface area contributed by atoms with E-state index in [0.29, 0.717) is 28.7 Å². The quantitative estimate of drug-likeness (QED) is 0.743. The Morgan fingerprint density at radius 2 is 1.88 bits per heavy atom. The molecule has 0 bridgehead atoms. The minimum absolute atomic E-state index is 0.183. The molecule has 1 aliphatic rings. The molecule has 1 N–H and O–H groups in total. The second-order valence-electron chi connectivity index (χ2n) is 6.41. The van der Waals surface area contributed by atoms with Gasteiger partial charge in [0.2, 0.25) is 0 Å². The zero-order chi connectivity index (χ0) is 18.1. The molecule has 1 fully saturated rings. The van der Waals surface area contributed by atoms with Crippen LogP contribution in [0.15, 0.2) is 48.5 Å². The van der Waals surface area contributed by atoms with Crippen LogP contribution < -0.4 is 14.8 Å². The van der Waals surface area contributed by atoms with Crippen LogP contribution in [0.4, 0.5) is 5.69 Å². The molecule has 1 heterocycles. The van der Waals surface area contributed by atoms with Gasteiger partial charge in [0.15, 0.2) is 0 Å². The van der Waals surface area contributed by atoms with Gasteiger partial charge in [0, 0.05) is 23.1 Å². The molecular formula is C21H20N2O3. The zero-order valence-corrected chi connectivity index (χ0v) is 14.8. The predicted octanol–water partition coefficient (Wildman–Crippen LogP) is 4.38. The van der Waals surface area contributed by atoms with Gasteiger partial charge in [-0.15, -0.1) is 0 Å². The average Bonchev–Trinajstić information content (AvgIpc) is 3.52. The van der Waals surface area contributed by atoms with Gasteiger partial charge in [-0.3, -0.25) is 9.78 Å². The van der Waals surface area contributed by atoms with Gasteiger partial charge in [0.1, 0.15) is 11.5 Å². The standard InChI is InChI=1S/C21H20N2O3/c1-25-14-9-10-20(26-2)19(11-14)23-21(24)16-12-18(13-7-8-13)22-17-6-4-3-5-15(16)17/h3-6,9-13H,7-8H2,1-2H3,(H,23,24). The van der Waals surface area contributed by atoms with Crippen molar-refractivity contribution in [3.63, 3.8) is 0 Å². The number of nitrogens with one attached hydrogen (secondary N) is 1. The van der Waals surface area contributed by atoms with Crippen molar-refractivity contribution in [2.45, 2.75) is 18.8 Å². The van der Waals surface area contributed by atoms with Crippen LogP contribution in [0.5, 0.6) is 11.5 Å². The molecule has 0 atom stereocenters. The summed E-state index contributed by atoms with van der Waals surface area (Å²) in [5, 5.41) is 3.80. The molecular weight excluding hydrogens is 328 g/mol. The highest BCUT2D eigenvalue weighted by Gasteiger charge is 2.27. The lowest BCUT2D eigenvalue weighted by atomic mass is 10.1. The number of hydrogen-bond acceptors (Lipinski definition) is 4. The maximum atomic E-state index is 13.1. The summed E-state index contributed by atoms with van der Waals surface area (Å²) in [7, 11) is 3.16. The molecule has 1 amide bonds. The van der Waals surface area contributed by atoms with E-state index < -0.39 is 0 Å². The van der Waals surface area contributed by atoms with Crippen LogP contribution in [-0.2, 0) is 0 Å². The van der Waals surface area contributed by atoms with Crippen molar-refractivity contribution in [3.8, 4) is 11.5 Å². The summed E-state index contributed by atoms with van der Waals surface area (Å²) < 4.78 is 10.6. The Morgan fingerprint density at radius 3 is 2.62 bits per heavy atom. The summed E-state index contributed by atoms with van der Waals surface area (Å²) in [5.41, 5.74) is 3.04. The van der Waals surface area contributed by atoms with Gasteiger partial charge in [0.05, 0.1) is 31.0 Å². The summed E-state index contributed by atoms with van der Waals surface area (Å²) in [6.07, 6.45) is 2.27. The van der Waals surface area contributed by atoms with E-state index >= 15 is 0 Å². The van der Waals surface area contributed by atoms with E-state index in [2.05, 4.69) is 5.32 Å². The molecule has 0 aliphatic heterocycles. The first-order chi connectivity index (χ1) is 12.7. The number of pyridine rings is 1. The van der Waals surface area contributed by atoms with E-state index in [1.165, 1.54) is 0 Å². The summed E-state index contributed by atoms with van der Waals surface area (Å²) in [6, 6.07) is 15.0. The number of benzene rings is 2. The van der Waals surface area contributed by atoms with E-state index in [1.807, 2.05) is 30.3 Å². The highest BCUT2D eigenvalue weighted by Crippen LogP contribution is 2.40. The van der Waals surface area contributed by atoms with E-state index in [-0.39, 0.29) is 5.91 Å². The Bertz CT molecular complexity index is 980. The number of methoxy groups -OCH3 is 2. The molecule has 1 saturated carbocycles. The number of ether oxygens (including phenoxy) is 2. The SMILES string of the molecule is COc1ccc(OC)c(NC(=O)c2cc(C3CC3)nc3ccccc23)c1. The van der Waals surface area contributed by atoms with Crippen molar-refractivity contribution in [3.05, 3.63) is 59.8 Å². The van der Waals surface area contributed by atoms with Crippen LogP contribution in [0.2, 0.25) is 0 Å². The van der Waals surface area contributed by atoms with Crippen LogP contribution in [0.1, 0.15) is 34.8 Å². The minimum Gasteiger partial charge on any atom is -0.497 e. The van der Waals surface area contributed by atoms with Crippen LogP contribution in [0.25, 0.3) is 10.9 Å². The van der Waals surface area contributed by atoms with Crippen molar-refractivity contribution in [2.75, 3.05) is 19.5 Å². The third kappa shape index (κ3) is 3.08. The lowest BCUT2D eigenvalue weighted by Gasteiger charge is -2.13. The molecule has 132 valence electrons. The lowest BCUT2D eigenvalue weighted by molar-refractivity contribution is 0.102. The molecule has 5 nitrogen and oxygen atoms in total. The highest BCUT2D eigenvalue weighted by atomic mass is 16.5. The van der Waals surface area contributed by atoms with Crippen molar-refractivity contribution in [1.29, 1.82) is 0 Å². The Balaban J connectivity index is 1.75. The molecule has 1 aliphatic carbocycles.